The van der Waals surface area contributed by atoms with Crippen molar-refractivity contribution < 1.29 is 14.3 Å². The van der Waals surface area contributed by atoms with Gasteiger partial charge in [-0.1, -0.05) is 54.6 Å². The Balaban J connectivity index is 1.47. The molecule has 0 fully saturated rings. The van der Waals surface area contributed by atoms with E-state index >= 15 is 0 Å². The molecule has 2 heterocycles. The van der Waals surface area contributed by atoms with Gasteiger partial charge < -0.3 is 10.1 Å². The summed E-state index contributed by atoms with van der Waals surface area (Å²) in [6.45, 7) is 4.36. The number of nitrogens with zero attached hydrogens (tertiary/aromatic N) is 2. The zero-order chi connectivity index (χ0) is 23.2. The first kappa shape index (κ1) is 22.9. The highest BCUT2D eigenvalue weighted by Crippen LogP contribution is 2.37. The quantitative estimate of drug-likeness (QED) is 0.191. The van der Waals surface area contributed by atoms with E-state index in [1.807, 2.05) is 6.92 Å². The maximum absolute atomic E-state index is 12.6. The van der Waals surface area contributed by atoms with E-state index < -0.39 is 5.97 Å². The summed E-state index contributed by atoms with van der Waals surface area (Å²) in [4.78, 5) is 34.4. The predicted molar refractivity (Wildman–Crippen MR) is 134 cm³/mol. The number of carbonyl (C=O) groups excluding carboxylic acids is 2. The van der Waals surface area contributed by atoms with Crippen molar-refractivity contribution in [2.45, 2.75) is 25.3 Å². The third-order valence-corrected chi connectivity index (χ3v) is 6.73. The zero-order valence-corrected chi connectivity index (χ0v) is 20.0. The number of aryl methyl sites for hydroxylation is 1. The summed E-state index contributed by atoms with van der Waals surface area (Å²) in [6.07, 6.45) is 2.29. The third-order valence-electron chi connectivity index (χ3n) is 4.86. The van der Waals surface area contributed by atoms with E-state index in [1.165, 1.54) is 23.7 Å². The molecule has 1 N–H and O–H groups in total. The fourth-order valence-corrected chi connectivity index (χ4v) is 5.03. The fraction of sp³-hybridized carbons (Fsp3) is 0.200. The number of benzene rings is 2. The lowest BCUT2D eigenvalue weighted by atomic mass is 10.1. The summed E-state index contributed by atoms with van der Waals surface area (Å²) in [5.41, 5.74) is 4.32. The van der Waals surface area contributed by atoms with Crippen molar-refractivity contribution >= 4 is 50.9 Å². The summed E-state index contributed by atoms with van der Waals surface area (Å²) >= 11 is 2.93. The molecule has 0 saturated heterocycles. The van der Waals surface area contributed by atoms with Crippen molar-refractivity contribution in [1.29, 1.82) is 0 Å². The van der Waals surface area contributed by atoms with Crippen LogP contribution in [0.1, 0.15) is 29.3 Å². The van der Waals surface area contributed by atoms with E-state index in [0.29, 0.717) is 17.9 Å². The summed E-state index contributed by atoms with van der Waals surface area (Å²) < 4.78 is 5.16. The van der Waals surface area contributed by atoms with E-state index in [9.17, 15) is 9.59 Å². The lowest BCUT2D eigenvalue weighted by Crippen LogP contribution is -2.15. The zero-order valence-electron chi connectivity index (χ0n) is 18.3. The largest absolute Gasteiger partial charge is 0.462 e. The molecule has 2 aromatic carbocycles. The van der Waals surface area contributed by atoms with Crippen molar-refractivity contribution in [1.82, 2.24) is 9.97 Å². The van der Waals surface area contributed by atoms with Crippen LogP contribution in [0.15, 0.2) is 65.3 Å². The van der Waals surface area contributed by atoms with E-state index in [0.717, 1.165) is 32.8 Å². The number of rotatable bonds is 8. The van der Waals surface area contributed by atoms with Gasteiger partial charge in [0.2, 0.25) is 5.91 Å². The number of thioether (sulfide) groups is 1. The molecular weight excluding hydrogens is 454 g/mol. The van der Waals surface area contributed by atoms with Crippen LogP contribution >= 0.6 is 23.1 Å². The molecule has 0 aliphatic rings. The van der Waals surface area contributed by atoms with Gasteiger partial charge in [0.15, 0.2) is 0 Å². The van der Waals surface area contributed by atoms with Crippen LogP contribution in [0, 0.1) is 6.92 Å². The number of ether oxygens (including phenoxy) is 1. The number of nitrogens with one attached hydrogen (secondary N) is 1. The number of fused-ring (bicyclic) bond motifs is 1. The van der Waals surface area contributed by atoms with Gasteiger partial charge in [-0.25, -0.2) is 14.8 Å². The first-order valence-electron chi connectivity index (χ1n) is 10.5. The van der Waals surface area contributed by atoms with Gasteiger partial charge in [0, 0.05) is 16.6 Å². The van der Waals surface area contributed by atoms with Crippen LogP contribution in [-0.4, -0.2) is 34.2 Å². The minimum absolute atomic E-state index is 0.180. The highest BCUT2D eigenvalue weighted by molar-refractivity contribution is 8.00. The molecule has 168 valence electrons. The molecule has 0 bridgehead atoms. The Morgan fingerprint density at radius 3 is 2.73 bits per heavy atom. The Hall–Kier alpha value is -3.23. The first-order chi connectivity index (χ1) is 16.0. The van der Waals surface area contributed by atoms with E-state index in [2.05, 4.69) is 51.9 Å². The second-order valence-corrected chi connectivity index (χ2v) is 9.25. The lowest BCUT2D eigenvalue weighted by molar-refractivity contribution is -0.113. The summed E-state index contributed by atoms with van der Waals surface area (Å²) in [5, 5.41) is 6.66. The molecule has 4 rings (SSSR count). The van der Waals surface area contributed by atoms with Crippen LogP contribution in [0.4, 0.5) is 5.69 Å². The van der Waals surface area contributed by atoms with Crippen LogP contribution in [0.3, 0.4) is 0 Å². The van der Waals surface area contributed by atoms with Crippen molar-refractivity contribution in [2.75, 3.05) is 17.7 Å². The molecule has 0 atom stereocenters. The Labute approximate surface area is 200 Å². The number of aromatic nitrogens is 2. The number of hydrogen-bond acceptors (Lipinski definition) is 7. The Morgan fingerprint density at radius 2 is 1.94 bits per heavy atom. The molecule has 0 unspecified atom stereocenters. The van der Waals surface area contributed by atoms with E-state index in [1.54, 1.807) is 35.6 Å². The molecule has 8 heteroatoms. The topological polar surface area (TPSA) is 81.2 Å². The van der Waals surface area contributed by atoms with Crippen LogP contribution < -0.4 is 5.32 Å². The molecule has 0 aliphatic heterocycles. The van der Waals surface area contributed by atoms with Crippen LogP contribution in [0.5, 0.6) is 0 Å². The maximum atomic E-state index is 12.6. The van der Waals surface area contributed by atoms with E-state index in [4.69, 9.17) is 4.74 Å². The summed E-state index contributed by atoms with van der Waals surface area (Å²) in [6, 6.07) is 15.1. The minimum Gasteiger partial charge on any atom is -0.462 e. The molecule has 0 radical (unpaired) electrons. The van der Waals surface area contributed by atoms with Crippen LogP contribution in [0.25, 0.3) is 21.3 Å². The monoisotopic (exact) mass is 477 g/mol. The Kier molecular flexibility index (Phi) is 7.36. The van der Waals surface area contributed by atoms with Crippen molar-refractivity contribution in [3.8, 4) is 11.1 Å². The van der Waals surface area contributed by atoms with Crippen LogP contribution in [-0.2, 0) is 9.53 Å². The van der Waals surface area contributed by atoms with Gasteiger partial charge in [0.25, 0.3) is 0 Å². The van der Waals surface area contributed by atoms with Gasteiger partial charge in [-0.15, -0.1) is 11.3 Å². The van der Waals surface area contributed by atoms with E-state index in [-0.39, 0.29) is 11.7 Å². The maximum Gasteiger partial charge on any atom is 0.338 e. The van der Waals surface area contributed by atoms with Gasteiger partial charge in [-0.2, -0.15) is 0 Å². The van der Waals surface area contributed by atoms with Crippen LogP contribution in [0.2, 0.25) is 0 Å². The third kappa shape index (κ3) is 5.58. The van der Waals surface area contributed by atoms with Crippen molar-refractivity contribution in [3.63, 3.8) is 0 Å². The Morgan fingerprint density at radius 1 is 1.12 bits per heavy atom. The molecule has 4 aromatic rings. The highest BCUT2D eigenvalue weighted by atomic mass is 32.2. The summed E-state index contributed by atoms with van der Waals surface area (Å²) in [5.74, 6) is -0.399. The van der Waals surface area contributed by atoms with Gasteiger partial charge in [0.1, 0.15) is 16.2 Å². The number of thiophene rings is 1. The number of esters is 1. The molecule has 0 saturated carbocycles. The molecule has 2 aromatic heterocycles. The summed E-state index contributed by atoms with van der Waals surface area (Å²) in [7, 11) is 0. The molecule has 33 heavy (non-hydrogen) atoms. The van der Waals surface area contributed by atoms with Gasteiger partial charge in [0.05, 0.1) is 23.3 Å². The normalized spacial score (nSPS) is 10.8. The second-order valence-electron chi connectivity index (χ2n) is 7.43. The SMILES string of the molecule is CCCOC(=O)c1cccc(NC(=O)CSc2ncnc3scc(-c4ccc(C)cc4)c23)c1. The molecule has 1 amide bonds. The van der Waals surface area contributed by atoms with Crippen molar-refractivity contribution in [2.24, 2.45) is 0 Å². The Bertz CT molecular complexity index is 1290. The number of amides is 1. The van der Waals surface area contributed by atoms with Crippen molar-refractivity contribution in [3.05, 3.63) is 71.4 Å². The smallest absolute Gasteiger partial charge is 0.338 e. The van der Waals surface area contributed by atoms with Gasteiger partial charge >= 0.3 is 5.97 Å². The molecule has 6 nitrogen and oxygen atoms in total. The molecular formula is C25H23N3O3S2. The lowest BCUT2D eigenvalue weighted by Gasteiger charge is -2.08. The highest BCUT2D eigenvalue weighted by Gasteiger charge is 2.15. The standard InChI is InChI=1S/C25H23N3O3S2/c1-3-11-31-25(30)18-5-4-6-19(12-18)28-21(29)14-33-24-22-20(13-32-23(22)26-15-27-24)17-9-7-16(2)8-10-17/h4-10,12-13,15H,3,11,14H2,1-2H3,(H,28,29). The number of anilines is 1. The second kappa shape index (κ2) is 10.6. The predicted octanol–water partition coefficient (Wildman–Crippen LogP) is 5.96. The fourth-order valence-electron chi connectivity index (χ4n) is 3.24. The van der Waals surface area contributed by atoms with Gasteiger partial charge in [-0.3, -0.25) is 4.79 Å². The first-order valence-corrected chi connectivity index (χ1v) is 12.4. The van der Waals surface area contributed by atoms with Gasteiger partial charge in [-0.05, 0) is 37.1 Å². The minimum atomic E-state index is -0.396. The molecule has 0 spiro atoms. The number of carbonyl (C=O) groups is 2. The average molecular weight is 478 g/mol. The average Bonchev–Trinajstić information content (AvgIpc) is 3.27. The molecule has 0 aliphatic carbocycles. The number of hydrogen-bond donors (Lipinski definition) is 1.